The van der Waals surface area contributed by atoms with Crippen molar-refractivity contribution in [2.24, 2.45) is 0 Å². The minimum atomic E-state index is -0.154. The second-order valence-corrected chi connectivity index (χ2v) is 9.65. The van der Waals surface area contributed by atoms with Gasteiger partial charge in [0.1, 0.15) is 5.03 Å². The Labute approximate surface area is 213 Å². The number of rotatable bonds is 11. The number of nitrogens with zero attached hydrogens (tertiary/aromatic N) is 3. The van der Waals surface area contributed by atoms with Crippen LogP contribution in [0, 0.1) is 11.3 Å². The molecule has 1 aromatic carbocycles. The number of aliphatic hydroxyl groups excluding tert-OH is 1. The van der Waals surface area contributed by atoms with Crippen molar-refractivity contribution in [3.05, 3.63) is 40.4 Å². The summed E-state index contributed by atoms with van der Waals surface area (Å²) in [7, 11) is 0. The molecule has 2 aliphatic heterocycles. The fraction of sp³-hybridized carbons (Fsp3) is 0.600. The van der Waals surface area contributed by atoms with Gasteiger partial charge in [0.25, 0.3) is 0 Å². The Hall–Kier alpha value is -2.29. The Morgan fingerprint density at radius 1 is 1.23 bits per heavy atom. The summed E-state index contributed by atoms with van der Waals surface area (Å²) >= 11 is 1.63. The maximum atomic E-state index is 10.1. The molecule has 0 aliphatic carbocycles. The number of hydroxylamine groups is 2. The summed E-state index contributed by atoms with van der Waals surface area (Å²) in [5, 5.41) is 23.6. The van der Waals surface area contributed by atoms with Crippen LogP contribution in [-0.4, -0.2) is 72.3 Å². The Morgan fingerprint density at radius 3 is 2.54 bits per heavy atom. The van der Waals surface area contributed by atoms with Crippen LogP contribution in [0.4, 0.5) is 5.69 Å². The molecule has 10 heteroatoms. The number of carbonyl (C=O) groups excluding carboxylic acids is 1. The van der Waals surface area contributed by atoms with Gasteiger partial charge in [-0.25, -0.2) is 10.5 Å². The Balaban J connectivity index is 0.000000466. The van der Waals surface area contributed by atoms with E-state index in [2.05, 4.69) is 58.3 Å². The van der Waals surface area contributed by atoms with Gasteiger partial charge in [0, 0.05) is 32.2 Å². The number of aliphatic hydroxyl groups is 1. The second-order valence-electron chi connectivity index (χ2n) is 8.51. The lowest BCUT2D eigenvalue weighted by molar-refractivity contribution is -0.120. The third-order valence-electron chi connectivity index (χ3n) is 5.47. The van der Waals surface area contributed by atoms with Crippen molar-refractivity contribution in [1.82, 2.24) is 20.8 Å². The van der Waals surface area contributed by atoms with E-state index in [1.165, 1.54) is 45.0 Å². The zero-order valence-electron chi connectivity index (χ0n) is 21.2. The number of allylic oxidation sites excluding steroid dienone is 1. The molecule has 0 saturated carbocycles. The van der Waals surface area contributed by atoms with E-state index in [-0.39, 0.29) is 18.0 Å². The van der Waals surface area contributed by atoms with Crippen molar-refractivity contribution in [3.8, 4) is 6.07 Å². The molecule has 2 saturated heterocycles. The number of nitrogens with one attached hydrogen (secondary N) is 3. The van der Waals surface area contributed by atoms with E-state index in [0.717, 1.165) is 35.7 Å². The van der Waals surface area contributed by atoms with E-state index in [1.807, 2.05) is 12.0 Å². The smallest absolute Gasteiger partial charge is 0.230 e. The van der Waals surface area contributed by atoms with Crippen LogP contribution in [0.25, 0.3) is 0 Å². The summed E-state index contributed by atoms with van der Waals surface area (Å²) in [5.74, 6) is -0.154. The van der Waals surface area contributed by atoms with Crippen LogP contribution in [0.15, 0.2) is 34.9 Å². The number of hydrazine groups is 1. The van der Waals surface area contributed by atoms with E-state index < -0.39 is 0 Å². The first-order valence-corrected chi connectivity index (χ1v) is 13.2. The molecule has 1 unspecified atom stereocenters. The lowest BCUT2D eigenvalue weighted by Crippen LogP contribution is -2.37. The minimum absolute atomic E-state index is 0.00954. The van der Waals surface area contributed by atoms with Gasteiger partial charge < -0.3 is 15.3 Å². The minimum Gasteiger partial charge on any atom is -0.395 e. The van der Waals surface area contributed by atoms with Gasteiger partial charge in [0.2, 0.25) is 5.91 Å². The van der Waals surface area contributed by atoms with Crippen LogP contribution in [-0.2, 0) is 16.1 Å². The molecule has 0 radical (unpaired) electrons. The number of hydrogen-bond acceptors (Lipinski definition) is 9. The molecule has 9 nitrogen and oxygen atoms in total. The van der Waals surface area contributed by atoms with Gasteiger partial charge in [-0.15, -0.1) is 0 Å². The normalized spacial score (nSPS) is 19.1. The van der Waals surface area contributed by atoms with E-state index >= 15 is 0 Å². The Morgan fingerprint density at radius 2 is 1.94 bits per heavy atom. The van der Waals surface area contributed by atoms with Gasteiger partial charge in [-0.1, -0.05) is 30.8 Å². The van der Waals surface area contributed by atoms with Crippen LogP contribution in [0.2, 0.25) is 0 Å². The highest BCUT2D eigenvalue weighted by Gasteiger charge is 2.29. The highest BCUT2D eigenvalue weighted by atomic mass is 32.2. The van der Waals surface area contributed by atoms with Gasteiger partial charge in [-0.05, 0) is 63.4 Å². The standard InChI is InChI=1S/C21H30N4OS.C4H10N2O2/c1-3-11-25-21(17(2)15-22)27-20(26-25)16-23-19-8-6-18(7-9-19)10-14-24-12-4-5-13-24;1-4(8)6-5-2-3-7/h6-9,20,23H,3-5,10-14,16H2,1-2H3;5,7H,2-3H2,1H3,(H,6,8)/b21-17+;. The summed E-state index contributed by atoms with van der Waals surface area (Å²) in [6.45, 7) is 11.0. The lowest BCUT2D eigenvalue weighted by atomic mass is 10.1. The monoisotopic (exact) mass is 504 g/mol. The van der Waals surface area contributed by atoms with Crippen molar-refractivity contribution in [3.63, 3.8) is 0 Å². The summed E-state index contributed by atoms with van der Waals surface area (Å²) in [6, 6.07) is 11.0. The van der Waals surface area contributed by atoms with E-state index in [4.69, 9.17) is 9.94 Å². The molecule has 2 heterocycles. The first kappa shape index (κ1) is 28.9. The first-order valence-electron chi connectivity index (χ1n) is 12.3. The average molecular weight is 505 g/mol. The quantitative estimate of drug-likeness (QED) is 0.205. The zero-order valence-corrected chi connectivity index (χ0v) is 22.0. The van der Waals surface area contributed by atoms with Crippen molar-refractivity contribution in [2.75, 3.05) is 51.2 Å². The summed E-state index contributed by atoms with van der Waals surface area (Å²) in [4.78, 5) is 18.6. The summed E-state index contributed by atoms with van der Waals surface area (Å²) < 4.78 is 0. The molecule has 1 atom stereocenters. The lowest BCUT2D eigenvalue weighted by Gasteiger charge is -2.17. The Kier molecular flexibility index (Phi) is 13.6. The number of nitriles is 1. The van der Waals surface area contributed by atoms with Gasteiger partial charge in [-0.3, -0.25) is 15.1 Å². The Bertz CT molecular complexity index is 837. The number of likely N-dealkylation sites (tertiary alicyclic amines) is 1. The van der Waals surface area contributed by atoms with Crippen molar-refractivity contribution in [1.29, 1.82) is 5.26 Å². The molecule has 2 aliphatic rings. The molecule has 1 aromatic rings. The molecule has 194 valence electrons. The number of hydrogen-bond donors (Lipinski definition) is 4. The van der Waals surface area contributed by atoms with Gasteiger partial charge in [0.05, 0.1) is 24.8 Å². The number of amides is 1. The van der Waals surface area contributed by atoms with Crippen LogP contribution < -0.4 is 16.2 Å². The fourth-order valence-electron chi connectivity index (χ4n) is 3.68. The fourth-order valence-corrected chi connectivity index (χ4v) is 4.72. The topological polar surface area (TPSA) is 113 Å². The number of carbonyl (C=O) groups is 1. The second kappa shape index (κ2) is 16.4. The molecule has 35 heavy (non-hydrogen) atoms. The first-order chi connectivity index (χ1) is 17.0. The molecule has 0 aromatic heterocycles. The van der Waals surface area contributed by atoms with Gasteiger partial charge in [-0.2, -0.15) is 5.26 Å². The largest absolute Gasteiger partial charge is 0.395 e. The molecular formula is C25H40N6O3S. The number of thioether (sulfide) groups is 1. The zero-order chi connectivity index (χ0) is 25.5. The molecule has 0 spiro atoms. The molecule has 4 N–H and O–H groups in total. The maximum absolute atomic E-state index is 10.1. The van der Waals surface area contributed by atoms with Crippen molar-refractivity contribution < 1.29 is 14.7 Å². The van der Waals surface area contributed by atoms with Crippen molar-refractivity contribution in [2.45, 2.75) is 51.9 Å². The predicted octanol–water partition coefficient (Wildman–Crippen LogP) is 2.83. The van der Waals surface area contributed by atoms with Crippen LogP contribution in [0.5, 0.6) is 0 Å². The highest BCUT2D eigenvalue weighted by molar-refractivity contribution is 8.03. The predicted molar refractivity (Wildman–Crippen MR) is 141 cm³/mol. The van der Waals surface area contributed by atoms with Crippen LogP contribution >= 0.6 is 11.8 Å². The SMILES string of the molecule is CC(=O)NNCCO.CCCN1OC(CNc2ccc(CCN3CCCC3)cc2)S/C1=C(\C)C#N. The molecule has 2 fully saturated rings. The molecule has 3 rings (SSSR count). The van der Waals surface area contributed by atoms with E-state index in [1.54, 1.807) is 11.8 Å². The molecule has 1 amide bonds. The molecular weight excluding hydrogens is 464 g/mol. The third-order valence-corrected chi connectivity index (χ3v) is 6.72. The van der Waals surface area contributed by atoms with Gasteiger partial charge in [0.15, 0.2) is 5.44 Å². The number of anilines is 1. The van der Waals surface area contributed by atoms with E-state index in [0.29, 0.717) is 13.1 Å². The van der Waals surface area contributed by atoms with E-state index in [9.17, 15) is 10.1 Å². The molecule has 0 bridgehead atoms. The maximum Gasteiger partial charge on any atom is 0.230 e. The van der Waals surface area contributed by atoms with Crippen molar-refractivity contribution >= 4 is 23.4 Å². The van der Waals surface area contributed by atoms with Gasteiger partial charge >= 0.3 is 0 Å². The summed E-state index contributed by atoms with van der Waals surface area (Å²) in [6.07, 6.45) is 4.81. The highest BCUT2D eigenvalue weighted by Crippen LogP contribution is 2.37. The van der Waals surface area contributed by atoms with Crippen LogP contribution in [0.1, 0.15) is 45.6 Å². The summed E-state index contributed by atoms with van der Waals surface area (Å²) in [5.41, 5.74) is 8.00. The van der Waals surface area contributed by atoms with Crippen LogP contribution in [0.3, 0.4) is 0 Å². The third kappa shape index (κ3) is 10.9. The number of benzene rings is 1. The average Bonchev–Trinajstić information content (AvgIpc) is 3.52.